The zero-order valence-electron chi connectivity index (χ0n) is 12.6. The molecule has 1 amide bonds. The molecular formula is C16H16BrN3OS. The second kappa shape index (κ2) is 5.85. The molecular weight excluding hydrogens is 362 g/mol. The number of para-hydroxylation sites is 1. The van der Waals surface area contributed by atoms with Crippen molar-refractivity contribution in [3.8, 4) is 0 Å². The molecule has 2 heterocycles. The highest BCUT2D eigenvalue weighted by molar-refractivity contribution is 9.10. The minimum atomic E-state index is -0.151. The van der Waals surface area contributed by atoms with Gasteiger partial charge in [0.2, 0.25) is 0 Å². The van der Waals surface area contributed by atoms with Gasteiger partial charge in [-0.05, 0) is 35.3 Å². The third-order valence-corrected chi connectivity index (χ3v) is 5.44. The Labute approximate surface area is 141 Å². The third-order valence-electron chi connectivity index (χ3n) is 3.71. The Kier molecular flexibility index (Phi) is 4.06. The van der Waals surface area contributed by atoms with Gasteiger partial charge in [0, 0.05) is 22.8 Å². The van der Waals surface area contributed by atoms with Gasteiger partial charge < -0.3 is 4.57 Å². The summed E-state index contributed by atoms with van der Waals surface area (Å²) in [6.07, 6.45) is 0.871. The van der Waals surface area contributed by atoms with E-state index in [-0.39, 0.29) is 5.91 Å². The summed E-state index contributed by atoms with van der Waals surface area (Å²) in [6.45, 7) is 4.09. The second-order valence-corrected chi connectivity index (χ2v) is 7.06. The summed E-state index contributed by atoms with van der Waals surface area (Å²) >= 11 is 5.06. The maximum Gasteiger partial charge on any atom is 0.275 e. The quantitative estimate of drug-likeness (QED) is 0.729. The van der Waals surface area contributed by atoms with Crippen molar-refractivity contribution in [1.29, 1.82) is 0 Å². The van der Waals surface area contributed by atoms with Crippen molar-refractivity contribution < 1.29 is 4.79 Å². The molecule has 0 aliphatic rings. The molecule has 1 aromatic carbocycles. The lowest BCUT2D eigenvalue weighted by Gasteiger charge is -2.04. The third kappa shape index (κ3) is 2.46. The van der Waals surface area contributed by atoms with Crippen LogP contribution in [0.25, 0.3) is 10.9 Å². The van der Waals surface area contributed by atoms with E-state index in [4.69, 9.17) is 0 Å². The van der Waals surface area contributed by atoms with Gasteiger partial charge in [0.15, 0.2) is 5.13 Å². The lowest BCUT2D eigenvalue weighted by Crippen LogP contribution is -2.16. The standard InChI is InChI=1S/C16H16BrN3OS/c1-4-11-9(2)22-16(18-11)19-15(21)14-13(17)10-7-5-6-8-12(10)20(14)3/h5-8H,4H2,1-3H3,(H,18,19,21). The number of amides is 1. The van der Waals surface area contributed by atoms with E-state index in [1.807, 2.05) is 42.8 Å². The number of hydrogen-bond donors (Lipinski definition) is 1. The number of hydrogen-bond acceptors (Lipinski definition) is 3. The SMILES string of the molecule is CCc1nc(NC(=O)c2c(Br)c3ccccc3n2C)sc1C. The molecule has 6 heteroatoms. The van der Waals surface area contributed by atoms with E-state index in [1.165, 1.54) is 11.3 Å². The first kappa shape index (κ1) is 15.2. The van der Waals surface area contributed by atoms with Gasteiger partial charge in [-0.1, -0.05) is 25.1 Å². The number of thiazole rings is 1. The van der Waals surface area contributed by atoms with Crippen LogP contribution < -0.4 is 5.32 Å². The molecule has 4 nitrogen and oxygen atoms in total. The van der Waals surface area contributed by atoms with Gasteiger partial charge in [-0.3, -0.25) is 10.1 Å². The van der Waals surface area contributed by atoms with Gasteiger partial charge in [-0.2, -0.15) is 0 Å². The number of nitrogens with zero attached hydrogens (tertiary/aromatic N) is 2. The van der Waals surface area contributed by atoms with Crippen molar-refractivity contribution in [2.24, 2.45) is 7.05 Å². The highest BCUT2D eigenvalue weighted by atomic mass is 79.9. The highest BCUT2D eigenvalue weighted by Gasteiger charge is 2.20. The number of benzene rings is 1. The van der Waals surface area contributed by atoms with Crippen molar-refractivity contribution >= 4 is 49.2 Å². The van der Waals surface area contributed by atoms with Crippen LogP contribution in [0.4, 0.5) is 5.13 Å². The van der Waals surface area contributed by atoms with Crippen molar-refractivity contribution in [3.63, 3.8) is 0 Å². The largest absolute Gasteiger partial charge is 0.339 e. The molecule has 1 N–H and O–H groups in total. The van der Waals surface area contributed by atoms with Crippen molar-refractivity contribution in [2.45, 2.75) is 20.3 Å². The van der Waals surface area contributed by atoms with E-state index in [0.29, 0.717) is 10.8 Å². The number of aromatic nitrogens is 2. The fourth-order valence-electron chi connectivity index (χ4n) is 2.56. The lowest BCUT2D eigenvalue weighted by molar-refractivity contribution is 0.101. The molecule has 0 radical (unpaired) electrons. The van der Waals surface area contributed by atoms with Crippen LogP contribution in [0.15, 0.2) is 28.7 Å². The van der Waals surface area contributed by atoms with Crippen molar-refractivity contribution in [1.82, 2.24) is 9.55 Å². The van der Waals surface area contributed by atoms with E-state index in [9.17, 15) is 4.79 Å². The van der Waals surface area contributed by atoms with Crippen LogP contribution >= 0.6 is 27.3 Å². The molecule has 0 unspecified atom stereocenters. The Hall–Kier alpha value is -1.66. The van der Waals surface area contributed by atoms with Crippen LogP contribution in [0.3, 0.4) is 0 Å². The second-order valence-electron chi connectivity index (χ2n) is 5.07. The first-order valence-corrected chi connectivity index (χ1v) is 8.64. The summed E-state index contributed by atoms with van der Waals surface area (Å²) in [7, 11) is 1.90. The molecule has 22 heavy (non-hydrogen) atoms. The number of rotatable bonds is 3. The van der Waals surface area contributed by atoms with E-state index in [2.05, 4.69) is 33.2 Å². The average Bonchev–Trinajstić information content (AvgIpc) is 2.98. The summed E-state index contributed by atoms with van der Waals surface area (Å²) in [5.41, 5.74) is 2.66. The van der Waals surface area contributed by atoms with Crippen molar-refractivity contribution in [2.75, 3.05) is 5.32 Å². The predicted molar refractivity (Wildman–Crippen MR) is 94.8 cm³/mol. The van der Waals surface area contributed by atoms with E-state index < -0.39 is 0 Å². The minimum absolute atomic E-state index is 0.151. The normalized spacial score (nSPS) is 11.1. The number of fused-ring (bicyclic) bond motifs is 1. The zero-order valence-corrected chi connectivity index (χ0v) is 15.0. The Morgan fingerprint density at radius 1 is 1.41 bits per heavy atom. The van der Waals surface area contributed by atoms with E-state index >= 15 is 0 Å². The van der Waals surface area contributed by atoms with Crippen LogP contribution in [0.2, 0.25) is 0 Å². The number of carbonyl (C=O) groups is 1. The molecule has 0 bridgehead atoms. The Bertz CT molecular complexity index is 827. The molecule has 0 atom stereocenters. The van der Waals surface area contributed by atoms with E-state index in [1.54, 1.807) is 0 Å². The maximum absolute atomic E-state index is 12.6. The van der Waals surface area contributed by atoms with Crippen molar-refractivity contribution in [3.05, 3.63) is 45.0 Å². The smallest absolute Gasteiger partial charge is 0.275 e. The summed E-state index contributed by atoms with van der Waals surface area (Å²) in [5.74, 6) is -0.151. The van der Waals surface area contributed by atoms with Crippen LogP contribution in [-0.4, -0.2) is 15.5 Å². The lowest BCUT2D eigenvalue weighted by atomic mass is 10.2. The van der Waals surface area contributed by atoms with E-state index in [0.717, 1.165) is 32.4 Å². The maximum atomic E-state index is 12.6. The summed E-state index contributed by atoms with van der Waals surface area (Å²) < 4.78 is 2.71. The molecule has 0 saturated carbocycles. The average molecular weight is 378 g/mol. The molecule has 0 aliphatic carbocycles. The minimum Gasteiger partial charge on any atom is -0.339 e. The summed E-state index contributed by atoms with van der Waals surface area (Å²) in [6, 6.07) is 7.93. The van der Waals surface area contributed by atoms with Crippen LogP contribution in [0.5, 0.6) is 0 Å². The summed E-state index contributed by atoms with van der Waals surface area (Å²) in [4.78, 5) is 18.3. The summed E-state index contributed by atoms with van der Waals surface area (Å²) in [5, 5.41) is 4.59. The Balaban J connectivity index is 1.98. The molecule has 0 fully saturated rings. The number of aryl methyl sites for hydroxylation is 3. The van der Waals surface area contributed by atoms with Crippen LogP contribution in [0, 0.1) is 6.92 Å². The first-order valence-electron chi connectivity index (χ1n) is 7.03. The fraction of sp³-hybridized carbons (Fsp3) is 0.250. The molecule has 0 spiro atoms. The molecule has 0 saturated heterocycles. The zero-order chi connectivity index (χ0) is 15.9. The molecule has 0 aliphatic heterocycles. The van der Waals surface area contributed by atoms with Gasteiger partial charge in [-0.25, -0.2) is 4.98 Å². The monoisotopic (exact) mass is 377 g/mol. The molecule has 114 valence electrons. The number of carbonyl (C=O) groups excluding carboxylic acids is 1. The number of nitrogens with one attached hydrogen (secondary N) is 1. The van der Waals surface area contributed by atoms with Gasteiger partial charge >= 0.3 is 0 Å². The Morgan fingerprint density at radius 2 is 2.14 bits per heavy atom. The molecule has 2 aromatic heterocycles. The fourth-order valence-corrected chi connectivity index (χ4v) is 4.24. The van der Waals surface area contributed by atoms with Crippen LogP contribution in [0.1, 0.15) is 28.0 Å². The predicted octanol–water partition coefficient (Wildman–Crippen LogP) is 4.52. The number of anilines is 1. The topological polar surface area (TPSA) is 46.9 Å². The van der Waals surface area contributed by atoms with Gasteiger partial charge in [0.25, 0.3) is 5.91 Å². The molecule has 3 rings (SSSR count). The van der Waals surface area contributed by atoms with Gasteiger partial charge in [0.1, 0.15) is 5.69 Å². The van der Waals surface area contributed by atoms with Gasteiger partial charge in [-0.15, -0.1) is 11.3 Å². The highest BCUT2D eigenvalue weighted by Crippen LogP contribution is 2.31. The van der Waals surface area contributed by atoms with Gasteiger partial charge in [0.05, 0.1) is 10.2 Å². The number of halogens is 1. The Morgan fingerprint density at radius 3 is 2.77 bits per heavy atom. The first-order chi connectivity index (χ1) is 10.5. The van der Waals surface area contributed by atoms with Crippen LogP contribution in [-0.2, 0) is 13.5 Å². The molecule has 3 aromatic rings.